The summed E-state index contributed by atoms with van der Waals surface area (Å²) < 4.78 is 10.1. The Morgan fingerprint density at radius 3 is 2.16 bits per heavy atom. The molecule has 184 valence electrons. The Morgan fingerprint density at radius 2 is 1.56 bits per heavy atom. The molecule has 0 heterocycles. The summed E-state index contributed by atoms with van der Waals surface area (Å²) in [5, 5.41) is 25.1. The molecule has 0 aromatic heterocycles. The van der Waals surface area contributed by atoms with Crippen LogP contribution in [0.25, 0.3) is 0 Å². The zero-order valence-electron chi connectivity index (χ0n) is 18.7. The van der Waals surface area contributed by atoms with Crippen molar-refractivity contribution < 1.29 is 43.7 Å². The van der Waals surface area contributed by atoms with Crippen molar-refractivity contribution in [2.24, 2.45) is 0 Å². The number of carbonyl (C=O) groups is 5. The van der Waals surface area contributed by atoms with Crippen LogP contribution in [0.1, 0.15) is 51.9 Å². The van der Waals surface area contributed by atoms with E-state index in [1.54, 1.807) is 7.11 Å². The fourth-order valence-electron chi connectivity index (χ4n) is 2.66. The van der Waals surface area contributed by atoms with Crippen LogP contribution in [-0.2, 0) is 33.4 Å². The van der Waals surface area contributed by atoms with Gasteiger partial charge in [-0.3, -0.25) is 19.2 Å². The van der Waals surface area contributed by atoms with Gasteiger partial charge < -0.3 is 35.6 Å². The summed E-state index contributed by atoms with van der Waals surface area (Å²) in [4.78, 5) is 58.0. The van der Waals surface area contributed by atoms with Gasteiger partial charge in [0.2, 0.25) is 17.7 Å². The number of unbranched alkanes of at least 4 members (excludes halogenated alkanes) is 2. The highest BCUT2D eigenvalue weighted by Crippen LogP contribution is 2.06. The maximum absolute atomic E-state index is 12.4. The van der Waals surface area contributed by atoms with Crippen LogP contribution in [0.4, 0.5) is 0 Å². The molecule has 12 nitrogen and oxygen atoms in total. The minimum absolute atomic E-state index is 0.247. The van der Waals surface area contributed by atoms with Crippen LogP contribution in [0.3, 0.4) is 0 Å². The summed E-state index contributed by atoms with van der Waals surface area (Å²) >= 11 is 0. The summed E-state index contributed by atoms with van der Waals surface area (Å²) in [6.45, 7) is 3.41. The van der Waals surface area contributed by atoms with E-state index in [1.165, 1.54) is 0 Å². The lowest BCUT2D eigenvalue weighted by atomic mass is 10.1. The molecule has 0 radical (unpaired) electrons. The van der Waals surface area contributed by atoms with Crippen molar-refractivity contribution in [2.75, 3.05) is 33.5 Å². The fourth-order valence-corrected chi connectivity index (χ4v) is 2.66. The van der Waals surface area contributed by atoms with Gasteiger partial charge in [0.25, 0.3) is 0 Å². The Morgan fingerprint density at radius 1 is 0.875 bits per heavy atom. The molecule has 0 rings (SSSR count). The number of methoxy groups -OCH3 is 1. The third kappa shape index (κ3) is 15.1. The van der Waals surface area contributed by atoms with Gasteiger partial charge >= 0.3 is 11.9 Å². The summed E-state index contributed by atoms with van der Waals surface area (Å²) in [7, 11) is 1.55. The van der Waals surface area contributed by atoms with Gasteiger partial charge in [-0.05, 0) is 12.8 Å². The van der Waals surface area contributed by atoms with Crippen molar-refractivity contribution in [3.05, 3.63) is 0 Å². The maximum atomic E-state index is 12.4. The van der Waals surface area contributed by atoms with Crippen LogP contribution in [0.15, 0.2) is 0 Å². The number of carbonyl (C=O) groups excluding carboxylic acids is 3. The summed E-state index contributed by atoms with van der Waals surface area (Å²) in [5.74, 6) is -4.66. The quantitative estimate of drug-likeness (QED) is 0.127. The van der Waals surface area contributed by atoms with E-state index in [2.05, 4.69) is 16.0 Å². The first-order valence-corrected chi connectivity index (χ1v) is 10.6. The Kier molecular flexibility index (Phi) is 16.4. The van der Waals surface area contributed by atoms with Crippen molar-refractivity contribution in [3.63, 3.8) is 0 Å². The third-order valence-electron chi connectivity index (χ3n) is 4.33. The van der Waals surface area contributed by atoms with Crippen LogP contribution in [0.5, 0.6) is 0 Å². The van der Waals surface area contributed by atoms with E-state index in [4.69, 9.17) is 14.6 Å². The molecular formula is C20H35N3O9. The number of ether oxygens (including phenoxy) is 2. The maximum Gasteiger partial charge on any atom is 0.326 e. The van der Waals surface area contributed by atoms with Gasteiger partial charge in [0, 0.05) is 20.1 Å². The van der Waals surface area contributed by atoms with E-state index in [0.29, 0.717) is 26.2 Å². The second-order valence-corrected chi connectivity index (χ2v) is 7.08. The Labute approximate surface area is 187 Å². The second-order valence-electron chi connectivity index (χ2n) is 7.08. The number of aliphatic carboxylic acids is 2. The SMILES string of the molecule is CCCCC[C@H](NC(=O)CC[C@H](NC(=O)CC(=O)O)C(=O)O)C(=O)NCCOCCOC. The van der Waals surface area contributed by atoms with Gasteiger partial charge in [0.1, 0.15) is 18.5 Å². The van der Waals surface area contributed by atoms with Gasteiger partial charge in [-0.2, -0.15) is 0 Å². The first-order valence-electron chi connectivity index (χ1n) is 10.6. The highest BCUT2D eigenvalue weighted by Gasteiger charge is 2.24. The van der Waals surface area contributed by atoms with E-state index in [0.717, 1.165) is 19.3 Å². The molecule has 0 saturated heterocycles. The van der Waals surface area contributed by atoms with E-state index < -0.39 is 42.3 Å². The zero-order chi connectivity index (χ0) is 24.4. The molecule has 0 aromatic carbocycles. The third-order valence-corrected chi connectivity index (χ3v) is 4.33. The molecule has 0 aliphatic heterocycles. The molecule has 0 aliphatic carbocycles. The number of carboxylic acid groups (broad SMARTS) is 2. The van der Waals surface area contributed by atoms with Crippen molar-refractivity contribution >= 4 is 29.7 Å². The van der Waals surface area contributed by atoms with E-state index in [-0.39, 0.29) is 25.3 Å². The number of carboxylic acids is 2. The van der Waals surface area contributed by atoms with Crippen LogP contribution in [0.2, 0.25) is 0 Å². The van der Waals surface area contributed by atoms with Gasteiger partial charge in [0.05, 0.1) is 19.8 Å². The van der Waals surface area contributed by atoms with Crippen LogP contribution >= 0.6 is 0 Å². The molecule has 0 unspecified atom stereocenters. The van der Waals surface area contributed by atoms with Crippen LogP contribution < -0.4 is 16.0 Å². The lowest BCUT2D eigenvalue weighted by Gasteiger charge is -2.19. The average Bonchev–Trinajstić information content (AvgIpc) is 2.72. The highest BCUT2D eigenvalue weighted by molar-refractivity contribution is 5.95. The molecule has 32 heavy (non-hydrogen) atoms. The largest absolute Gasteiger partial charge is 0.481 e. The average molecular weight is 462 g/mol. The summed E-state index contributed by atoms with van der Waals surface area (Å²) in [5.41, 5.74) is 0. The smallest absolute Gasteiger partial charge is 0.326 e. The van der Waals surface area contributed by atoms with Crippen LogP contribution in [-0.4, -0.2) is 85.4 Å². The molecule has 0 spiro atoms. The molecular weight excluding hydrogens is 426 g/mol. The first kappa shape index (κ1) is 29.3. The van der Waals surface area contributed by atoms with E-state index >= 15 is 0 Å². The van der Waals surface area contributed by atoms with Crippen molar-refractivity contribution in [2.45, 2.75) is 64.0 Å². The standard InChI is InChI=1S/C20H35N3O9/c1-3-4-5-6-14(19(28)21-9-10-32-12-11-31-2)22-16(24)8-7-15(20(29)30)23-17(25)13-18(26)27/h14-15H,3-13H2,1-2H3,(H,21,28)(H,22,24)(H,23,25)(H,26,27)(H,29,30)/t14-,15-/m0/s1. The predicted molar refractivity (Wildman–Crippen MR) is 113 cm³/mol. The van der Waals surface area contributed by atoms with Crippen molar-refractivity contribution in [1.82, 2.24) is 16.0 Å². The minimum Gasteiger partial charge on any atom is -0.481 e. The predicted octanol–water partition coefficient (Wildman–Crippen LogP) is -0.345. The lowest BCUT2D eigenvalue weighted by molar-refractivity contribution is -0.145. The number of hydrogen-bond donors (Lipinski definition) is 5. The number of nitrogens with one attached hydrogen (secondary N) is 3. The monoisotopic (exact) mass is 461 g/mol. The molecule has 0 aliphatic rings. The molecule has 12 heteroatoms. The second kappa shape index (κ2) is 17.9. The summed E-state index contributed by atoms with van der Waals surface area (Å²) in [6, 6.07) is -2.19. The van der Waals surface area contributed by atoms with Gasteiger partial charge in [0.15, 0.2) is 0 Å². The molecule has 0 saturated carbocycles. The lowest BCUT2D eigenvalue weighted by Crippen LogP contribution is -2.48. The van der Waals surface area contributed by atoms with Gasteiger partial charge in [-0.15, -0.1) is 0 Å². The highest BCUT2D eigenvalue weighted by atomic mass is 16.5. The molecule has 0 fully saturated rings. The molecule has 0 aromatic rings. The number of rotatable bonds is 19. The van der Waals surface area contributed by atoms with E-state index in [9.17, 15) is 29.1 Å². The van der Waals surface area contributed by atoms with Gasteiger partial charge in [-0.25, -0.2) is 4.79 Å². The normalized spacial score (nSPS) is 12.4. The topological polar surface area (TPSA) is 180 Å². The Bertz CT molecular complexity index is 613. The first-order chi connectivity index (χ1) is 15.2. The molecule has 2 atom stereocenters. The molecule has 5 N–H and O–H groups in total. The van der Waals surface area contributed by atoms with Crippen molar-refractivity contribution in [3.8, 4) is 0 Å². The van der Waals surface area contributed by atoms with Crippen LogP contribution in [0, 0.1) is 0 Å². The minimum atomic E-state index is -1.41. The molecule has 0 bridgehead atoms. The van der Waals surface area contributed by atoms with Gasteiger partial charge in [-0.1, -0.05) is 26.2 Å². The zero-order valence-corrected chi connectivity index (χ0v) is 18.7. The molecule has 3 amide bonds. The van der Waals surface area contributed by atoms with E-state index in [1.807, 2.05) is 6.92 Å². The summed E-state index contributed by atoms with van der Waals surface area (Å²) in [6.07, 6.45) is 1.59. The Balaban J connectivity index is 4.66. The fraction of sp³-hybridized carbons (Fsp3) is 0.750. The Hall–Kier alpha value is -2.73. The number of amides is 3. The number of hydrogen-bond acceptors (Lipinski definition) is 7. The van der Waals surface area contributed by atoms with Crippen molar-refractivity contribution in [1.29, 1.82) is 0 Å².